The Morgan fingerprint density at radius 2 is 2.28 bits per heavy atom. The number of halogens is 2. The molecule has 0 spiro atoms. The third kappa shape index (κ3) is 2.73. The zero-order valence-corrected chi connectivity index (χ0v) is 12.7. The maximum absolute atomic E-state index is 12.3. The Labute approximate surface area is 120 Å². The first kappa shape index (κ1) is 13.5. The molecule has 0 saturated heterocycles. The molecule has 0 saturated carbocycles. The van der Waals surface area contributed by atoms with Crippen LogP contribution in [0.15, 0.2) is 31.9 Å². The monoisotopic (exact) mass is 376 g/mol. The van der Waals surface area contributed by atoms with E-state index in [4.69, 9.17) is 9.15 Å². The molecule has 0 N–H and O–H groups in total. The third-order valence-corrected chi connectivity index (χ3v) is 3.32. The van der Waals surface area contributed by atoms with Gasteiger partial charge in [-0.2, -0.15) is 5.10 Å². The van der Waals surface area contributed by atoms with Crippen LogP contribution in [0.2, 0.25) is 0 Å². The summed E-state index contributed by atoms with van der Waals surface area (Å²) in [7, 11) is 1.60. The third-order valence-electron chi connectivity index (χ3n) is 2.31. The fourth-order valence-electron chi connectivity index (χ4n) is 1.49. The molecular formula is C11H10Br2N2O3. The Kier molecular flexibility index (Phi) is 4.36. The first-order valence-corrected chi connectivity index (χ1v) is 6.72. The van der Waals surface area contributed by atoms with Crippen molar-refractivity contribution in [2.75, 3.05) is 13.7 Å². The number of hydrogen-bond donors (Lipinski definition) is 0. The lowest BCUT2D eigenvalue weighted by atomic mass is 10.2. The van der Waals surface area contributed by atoms with Crippen molar-refractivity contribution in [1.82, 2.24) is 9.78 Å². The summed E-state index contributed by atoms with van der Waals surface area (Å²) in [6.07, 6.45) is 1.58. The fourth-order valence-corrected chi connectivity index (χ4v) is 2.27. The zero-order chi connectivity index (χ0) is 13.1. The Bertz CT molecular complexity index is 562. The maximum Gasteiger partial charge on any atom is 0.247 e. The van der Waals surface area contributed by atoms with Crippen LogP contribution in [0.5, 0.6) is 0 Å². The van der Waals surface area contributed by atoms with Gasteiger partial charge in [0.1, 0.15) is 5.69 Å². The van der Waals surface area contributed by atoms with Gasteiger partial charge in [0.05, 0.1) is 23.8 Å². The molecule has 0 radical (unpaired) electrons. The van der Waals surface area contributed by atoms with Crippen LogP contribution < -0.4 is 0 Å². The molecule has 18 heavy (non-hydrogen) atoms. The van der Waals surface area contributed by atoms with Crippen LogP contribution in [-0.4, -0.2) is 29.3 Å². The summed E-state index contributed by atoms with van der Waals surface area (Å²) in [5.74, 6) is 0.0444. The molecule has 0 fully saturated rings. The van der Waals surface area contributed by atoms with Crippen molar-refractivity contribution >= 4 is 37.6 Å². The van der Waals surface area contributed by atoms with E-state index in [0.717, 1.165) is 0 Å². The molecule has 0 unspecified atom stereocenters. The van der Waals surface area contributed by atoms with Crippen molar-refractivity contribution < 1.29 is 13.9 Å². The van der Waals surface area contributed by atoms with Crippen LogP contribution in [0.1, 0.15) is 16.2 Å². The Hall–Kier alpha value is -0.920. The number of aromatic nitrogens is 2. The number of nitrogens with zero attached hydrogens (tertiary/aromatic N) is 2. The normalized spacial score (nSPS) is 10.8. The largest absolute Gasteiger partial charge is 0.446 e. The van der Waals surface area contributed by atoms with Crippen molar-refractivity contribution in [3.05, 3.63) is 38.9 Å². The Morgan fingerprint density at radius 1 is 1.50 bits per heavy atom. The quantitative estimate of drug-likeness (QED) is 0.752. The highest BCUT2D eigenvalue weighted by Gasteiger charge is 2.21. The molecule has 2 aromatic heterocycles. The smallest absolute Gasteiger partial charge is 0.247 e. The summed E-state index contributed by atoms with van der Waals surface area (Å²) in [4.78, 5) is 12.3. The summed E-state index contributed by atoms with van der Waals surface area (Å²) in [6, 6.07) is 3.30. The van der Waals surface area contributed by atoms with Crippen molar-refractivity contribution in [2.45, 2.75) is 6.54 Å². The minimum Gasteiger partial charge on any atom is -0.446 e. The number of rotatable bonds is 5. The molecule has 0 aromatic carbocycles. The number of methoxy groups -OCH3 is 1. The van der Waals surface area contributed by atoms with Crippen LogP contribution in [0.4, 0.5) is 0 Å². The topological polar surface area (TPSA) is 57.3 Å². The molecule has 7 heteroatoms. The first-order valence-electron chi connectivity index (χ1n) is 5.13. The summed E-state index contributed by atoms with van der Waals surface area (Å²) in [5, 5.41) is 4.12. The predicted octanol–water partition coefficient (Wildman–Crippen LogP) is 2.88. The maximum atomic E-state index is 12.3. The number of ether oxygens (including phenoxy) is 1. The van der Waals surface area contributed by atoms with E-state index in [1.807, 2.05) is 0 Å². The molecule has 96 valence electrons. The van der Waals surface area contributed by atoms with Crippen LogP contribution >= 0.6 is 31.9 Å². The van der Waals surface area contributed by atoms with Crippen molar-refractivity contribution in [2.24, 2.45) is 0 Å². The molecule has 0 amide bonds. The lowest BCUT2D eigenvalue weighted by Crippen LogP contribution is -2.14. The number of carbonyl (C=O) groups excluding carboxylic acids is 1. The van der Waals surface area contributed by atoms with Gasteiger partial charge in [-0.3, -0.25) is 9.48 Å². The van der Waals surface area contributed by atoms with E-state index in [-0.39, 0.29) is 11.5 Å². The van der Waals surface area contributed by atoms with Crippen molar-refractivity contribution in [3.8, 4) is 0 Å². The Balaban J connectivity index is 2.32. The first-order chi connectivity index (χ1) is 8.63. The summed E-state index contributed by atoms with van der Waals surface area (Å²) < 4.78 is 13.0. The number of furan rings is 1. The highest BCUT2D eigenvalue weighted by atomic mass is 79.9. The molecule has 0 atom stereocenters. The van der Waals surface area contributed by atoms with Gasteiger partial charge in [0.15, 0.2) is 10.4 Å². The molecule has 2 aromatic rings. The van der Waals surface area contributed by atoms with Crippen LogP contribution in [0.3, 0.4) is 0 Å². The number of hydrogen-bond acceptors (Lipinski definition) is 4. The highest BCUT2D eigenvalue weighted by molar-refractivity contribution is 9.10. The summed E-state index contributed by atoms with van der Waals surface area (Å²) >= 11 is 6.49. The van der Waals surface area contributed by atoms with Gasteiger partial charge < -0.3 is 9.15 Å². The van der Waals surface area contributed by atoms with E-state index in [0.29, 0.717) is 28.0 Å². The second-order valence-corrected chi connectivity index (χ2v) is 5.13. The standard InChI is InChI=1S/C11H10Br2N2O3/c1-17-5-4-15-10(7(12)6-14-15)11(16)8-2-3-9(13)18-8/h2-3,6H,4-5H2,1H3. The molecule has 5 nitrogen and oxygen atoms in total. The zero-order valence-electron chi connectivity index (χ0n) is 9.52. The van der Waals surface area contributed by atoms with Crippen LogP contribution in [0.25, 0.3) is 0 Å². The van der Waals surface area contributed by atoms with E-state index in [9.17, 15) is 4.79 Å². The Morgan fingerprint density at radius 3 is 2.89 bits per heavy atom. The lowest BCUT2D eigenvalue weighted by molar-refractivity contribution is 0.0993. The van der Waals surface area contributed by atoms with Gasteiger partial charge in [-0.25, -0.2) is 0 Å². The number of ketones is 1. The average molecular weight is 378 g/mol. The van der Waals surface area contributed by atoms with Gasteiger partial charge in [0, 0.05) is 7.11 Å². The van der Waals surface area contributed by atoms with Gasteiger partial charge in [0.2, 0.25) is 5.78 Å². The van der Waals surface area contributed by atoms with Gasteiger partial charge in [-0.05, 0) is 44.0 Å². The van der Waals surface area contributed by atoms with Gasteiger partial charge in [0.25, 0.3) is 0 Å². The molecule has 0 aliphatic carbocycles. The van der Waals surface area contributed by atoms with E-state index in [1.54, 1.807) is 30.1 Å². The molecule has 0 aliphatic heterocycles. The molecule has 0 aliphatic rings. The lowest BCUT2D eigenvalue weighted by Gasteiger charge is -2.05. The predicted molar refractivity (Wildman–Crippen MR) is 71.6 cm³/mol. The average Bonchev–Trinajstić information content (AvgIpc) is 2.92. The summed E-state index contributed by atoms with van der Waals surface area (Å²) in [5.41, 5.74) is 0.453. The van der Waals surface area contributed by atoms with Gasteiger partial charge in [-0.15, -0.1) is 0 Å². The van der Waals surface area contributed by atoms with Gasteiger partial charge in [-0.1, -0.05) is 0 Å². The molecule has 2 heterocycles. The summed E-state index contributed by atoms with van der Waals surface area (Å²) in [6.45, 7) is 0.987. The SMILES string of the molecule is COCCn1ncc(Br)c1C(=O)c1ccc(Br)o1. The molecule has 2 rings (SSSR count). The van der Waals surface area contributed by atoms with Crippen LogP contribution in [-0.2, 0) is 11.3 Å². The molecule has 0 bridgehead atoms. The van der Waals surface area contributed by atoms with Crippen molar-refractivity contribution in [3.63, 3.8) is 0 Å². The minimum atomic E-state index is -0.221. The van der Waals surface area contributed by atoms with E-state index >= 15 is 0 Å². The highest BCUT2D eigenvalue weighted by Crippen LogP contribution is 2.22. The van der Waals surface area contributed by atoms with Gasteiger partial charge >= 0.3 is 0 Å². The second kappa shape index (κ2) is 5.81. The van der Waals surface area contributed by atoms with E-state index in [1.165, 1.54) is 0 Å². The van der Waals surface area contributed by atoms with E-state index < -0.39 is 0 Å². The fraction of sp³-hybridized carbons (Fsp3) is 0.273. The van der Waals surface area contributed by atoms with Crippen LogP contribution in [0, 0.1) is 0 Å². The second-order valence-electron chi connectivity index (χ2n) is 3.49. The number of carbonyl (C=O) groups is 1. The van der Waals surface area contributed by atoms with Crippen molar-refractivity contribution in [1.29, 1.82) is 0 Å². The minimum absolute atomic E-state index is 0.221. The molecular weight excluding hydrogens is 368 g/mol. The van der Waals surface area contributed by atoms with E-state index in [2.05, 4.69) is 37.0 Å².